The number of hydrogen-bond donors (Lipinski definition) is 0. The molecule has 0 saturated carbocycles. The van der Waals surface area contributed by atoms with Gasteiger partial charge in [-0.25, -0.2) is 0 Å². The van der Waals surface area contributed by atoms with Crippen LogP contribution in [0.15, 0.2) is 0 Å². The Kier molecular flexibility index (Phi) is 9.71. The molecule has 0 aromatic rings. The van der Waals surface area contributed by atoms with Gasteiger partial charge in [-0.3, -0.25) is 0 Å². The van der Waals surface area contributed by atoms with Crippen molar-refractivity contribution in [1.29, 1.82) is 0 Å². The maximum absolute atomic E-state index is 6.21. The van der Waals surface area contributed by atoms with E-state index in [1.807, 2.05) is 13.8 Å². The van der Waals surface area contributed by atoms with Crippen molar-refractivity contribution in [3.63, 3.8) is 0 Å². The van der Waals surface area contributed by atoms with Crippen molar-refractivity contribution in [2.24, 2.45) is 0 Å². The Balaban J connectivity index is 2.25. The predicted octanol–water partition coefficient (Wildman–Crippen LogP) is 3.01. The molecule has 0 bridgehead atoms. The van der Waals surface area contributed by atoms with Crippen LogP contribution >= 0.6 is 0 Å². The van der Waals surface area contributed by atoms with Gasteiger partial charge in [0.05, 0.1) is 13.2 Å². The van der Waals surface area contributed by atoms with Crippen LogP contribution in [0.2, 0.25) is 6.04 Å². The van der Waals surface area contributed by atoms with Gasteiger partial charge in [0, 0.05) is 32.0 Å². The third kappa shape index (κ3) is 8.28. The van der Waals surface area contributed by atoms with Crippen LogP contribution in [0.1, 0.15) is 47.0 Å². The summed E-state index contributed by atoms with van der Waals surface area (Å²) in [5.41, 5.74) is 0. The minimum atomic E-state index is -2.50. The molecule has 126 valence electrons. The van der Waals surface area contributed by atoms with E-state index in [-0.39, 0.29) is 6.10 Å². The fraction of sp³-hybridized carbons (Fsp3) is 1.00. The van der Waals surface area contributed by atoms with Crippen LogP contribution in [-0.2, 0) is 22.8 Å². The first-order chi connectivity index (χ1) is 10.2. The lowest BCUT2D eigenvalue weighted by molar-refractivity contribution is 0.0303. The van der Waals surface area contributed by atoms with E-state index >= 15 is 0 Å². The largest absolute Gasteiger partial charge is 0.501 e. The van der Waals surface area contributed by atoms with Crippen molar-refractivity contribution in [3.05, 3.63) is 0 Å². The highest BCUT2D eigenvalue weighted by atomic mass is 28.4. The molecule has 1 rings (SSSR count). The Labute approximate surface area is 130 Å². The number of epoxide rings is 1. The molecule has 6 heteroatoms. The first kappa shape index (κ1) is 19.1. The number of hydrogen-bond acceptors (Lipinski definition) is 5. The smallest absolute Gasteiger partial charge is 0.379 e. The summed E-state index contributed by atoms with van der Waals surface area (Å²) >= 11 is 0. The summed E-state index contributed by atoms with van der Waals surface area (Å²) in [5.74, 6) is 0. The molecule has 0 aromatic heterocycles. The maximum Gasteiger partial charge on any atom is 0.501 e. The third-order valence-electron chi connectivity index (χ3n) is 3.27. The molecule has 1 aliphatic rings. The molecule has 2 atom stereocenters. The second kappa shape index (κ2) is 10.7. The molecule has 0 N–H and O–H groups in total. The first-order valence-corrected chi connectivity index (χ1v) is 10.2. The van der Waals surface area contributed by atoms with Crippen LogP contribution in [0.4, 0.5) is 0 Å². The zero-order valence-electron chi connectivity index (χ0n) is 14.1. The van der Waals surface area contributed by atoms with Crippen molar-refractivity contribution in [2.45, 2.75) is 65.2 Å². The molecule has 0 aromatic carbocycles. The second-order valence-electron chi connectivity index (χ2n) is 5.40. The molecular formula is C15H32O5Si. The van der Waals surface area contributed by atoms with Crippen LogP contribution in [0.3, 0.4) is 0 Å². The monoisotopic (exact) mass is 320 g/mol. The Morgan fingerprint density at radius 1 is 1.19 bits per heavy atom. The standard InChI is InChI=1S/C15H32O5Si/c1-5-11-21(18-6-2,19-7-3)20-14(4)9-8-10-16-12-15-13-17-15/h14-15H,5-13H2,1-4H3. The molecule has 1 fully saturated rings. The molecule has 5 nitrogen and oxygen atoms in total. The van der Waals surface area contributed by atoms with E-state index in [2.05, 4.69) is 13.8 Å². The van der Waals surface area contributed by atoms with Crippen LogP contribution in [-0.4, -0.2) is 54.0 Å². The quantitative estimate of drug-likeness (QED) is 0.280. The molecule has 1 heterocycles. The summed E-state index contributed by atoms with van der Waals surface area (Å²) in [6.45, 7) is 11.9. The summed E-state index contributed by atoms with van der Waals surface area (Å²) in [4.78, 5) is 0. The fourth-order valence-electron chi connectivity index (χ4n) is 2.28. The van der Waals surface area contributed by atoms with Gasteiger partial charge in [-0.15, -0.1) is 0 Å². The van der Waals surface area contributed by atoms with Crippen molar-refractivity contribution >= 4 is 8.80 Å². The van der Waals surface area contributed by atoms with Gasteiger partial charge in [-0.05, 0) is 33.6 Å². The highest BCUT2D eigenvalue weighted by molar-refractivity contribution is 6.60. The van der Waals surface area contributed by atoms with E-state index in [1.165, 1.54) is 0 Å². The summed E-state index contributed by atoms with van der Waals surface area (Å²) in [7, 11) is -2.50. The van der Waals surface area contributed by atoms with Gasteiger partial charge >= 0.3 is 8.80 Å². The van der Waals surface area contributed by atoms with Gasteiger partial charge < -0.3 is 22.8 Å². The number of rotatable bonds is 14. The van der Waals surface area contributed by atoms with E-state index in [0.717, 1.165) is 45.1 Å². The van der Waals surface area contributed by atoms with Gasteiger partial charge in [-0.2, -0.15) is 0 Å². The molecule has 1 saturated heterocycles. The zero-order chi connectivity index (χ0) is 15.6. The lowest BCUT2D eigenvalue weighted by atomic mass is 10.2. The lowest BCUT2D eigenvalue weighted by Crippen LogP contribution is -2.48. The van der Waals surface area contributed by atoms with E-state index in [4.69, 9.17) is 22.8 Å². The topological polar surface area (TPSA) is 49.5 Å². The predicted molar refractivity (Wildman–Crippen MR) is 84.4 cm³/mol. The molecule has 2 unspecified atom stereocenters. The highest BCUT2D eigenvalue weighted by Crippen LogP contribution is 2.21. The maximum atomic E-state index is 6.21. The highest BCUT2D eigenvalue weighted by Gasteiger charge is 2.41. The van der Waals surface area contributed by atoms with Crippen LogP contribution < -0.4 is 0 Å². The Bertz CT molecular complexity index is 243. The fourth-order valence-corrected chi connectivity index (χ4v) is 5.13. The molecule has 21 heavy (non-hydrogen) atoms. The molecule has 0 aliphatic carbocycles. The van der Waals surface area contributed by atoms with Gasteiger partial charge in [0.25, 0.3) is 0 Å². The van der Waals surface area contributed by atoms with Crippen molar-refractivity contribution in [3.8, 4) is 0 Å². The van der Waals surface area contributed by atoms with Gasteiger partial charge in [0.2, 0.25) is 0 Å². The van der Waals surface area contributed by atoms with Gasteiger partial charge in [0.15, 0.2) is 0 Å². The molecule has 0 radical (unpaired) electrons. The SMILES string of the molecule is CCC[Si](OCC)(OCC)OC(C)CCCOCC1CO1. The molecular weight excluding hydrogens is 288 g/mol. The summed E-state index contributed by atoms with van der Waals surface area (Å²) in [5, 5.41) is 0. The Morgan fingerprint density at radius 2 is 1.86 bits per heavy atom. The minimum Gasteiger partial charge on any atom is -0.379 e. The minimum absolute atomic E-state index is 0.141. The van der Waals surface area contributed by atoms with E-state index in [9.17, 15) is 0 Å². The van der Waals surface area contributed by atoms with E-state index < -0.39 is 8.80 Å². The normalized spacial score (nSPS) is 19.7. The third-order valence-corrected chi connectivity index (χ3v) is 6.60. The van der Waals surface area contributed by atoms with Crippen molar-refractivity contribution in [2.75, 3.05) is 33.0 Å². The molecule has 0 amide bonds. The zero-order valence-corrected chi connectivity index (χ0v) is 15.1. The van der Waals surface area contributed by atoms with Crippen molar-refractivity contribution in [1.82, 2.24) is 0 Å². The van der Waals surface area contributed by atoms with Gasteiger partial charge in [0.1, 0.15) is 6.10 Å². The molecule has 1 aliphatic heterocycles. The van der Waals surface area contributed by atoms with Crippen LogP contribution in [0.5, 0.6) is 0 Å². The summed E-state index contributed by atoms with van der Waals surface area (Å²) in [6.07, 6.45) is 3.46. The van der Waals surface area contributed by atoms with Gasteiger partial charge in [-0.1, -0.05) is 13.3 Å². The van der Waals surface area contributed by atoms with E-state index in [1.54, 1.807) is 0 Å². The van der Waals surface area contributed by atoms with Crippen LogP contribution in [0, 0.1) is 0 Å². The second-order valence-corrected chi connectivity index (χ2v) is 8.08. The average molecular weight is 321 g/mol. The lowest BCUT2D eigenvalue weighted by Gasteiger charge is -2.31. The first-order valence-electron chi connectivity index (χ1n) is 8.30. The summed E-state index contributed by atoms with van der Waals surface area (Å²) < 4.78 is 28.7. The van der Waals surface area contributed by atoms with E-state index in [0.29, 0.717) is 19.3 Å². The summed E-state index contributed by atoms with van der Waals surface area (Å²) in [6, 6.07) is 0.883. The van der Waals surface area contributed by atoms with Crippen LogP contribution in [0.25, 0.3) is 0 Å². The Hall–Kier alpha value is 0.0169. The molecule has 0 spiro atoms. The van der Waals surface area contributed by atoms with Crippen molar-refractivity contribution < 1.29 is 22.8 Å². The Morgan fingerprint density at radius 3 is 2.38 bits per heavy atom. The number of ether oxygens (including phenoxy) is 2. The average Bonchev–Trinajstić information content (AvgIpc) is 3.23.